The summed E-state index contributed by atoms with van der Waals surface area (Å²) in [5.41, 5.74) is 1.75. The summed E-state index contributed by atoms with van der Waals surface area (Å²) in [6.45, 7) is 1.67. The molecule has 0 bridgehead atoms. The third-order valence-electron chi connectivity index (χ3n) is 3.75. The summed E-state index contributed by atoms with van der Waals surface area (Å²) in [4.78, 5) is 8.36. The van der Waals surface area contributed by atoms with Crippen LogP contribution in [0.5, 0.6) is 0 Å². The van der Waals surface area contributed by atoms with E-state index < -0.39 is 6.10 Å². The van der Waals surface area contributed by atoms with Crippen molar-refractivity contribution in [2.75, 3.05) is 5.32 Å². The number of anilines is 2. The maximum Gasteiger partial charge on any atom is 0.153 e. The summed E-state index contributed by atoms with van der Waals surface area (Å²) < 4.78 is 0. The molecule has 20 heavy (non-hydrogen) atoms. The van der Waals surface area contributed by atoms with Gasteiger partial charge in [-0.3, -0.25) is 10.1 Å². The molecule has 0 aromatic carbocycles. The van der Waals surface area contributed by atoms with Crippen LogP contribution in [0.1, 0.15) is 56.0 Å². The van der Waals surface area contributed by atoms with Gasteiger partial charge in [0, 0.05) is 17.7 Å². The van der Waals surface area contributed by atoms with E-state index in [0.717, 1.165) is 5.82 Å². The van der Waals surface area contributed by atoms with Crippen molar-refractivity contribution in [3.8, 4) is 0 Å². The number of nitrogens with one attached hydrogen (secondary N) is 2. The Kier molecular flexibility index (Phi) is 3.64. The van der Waals surface area contributed by atoms with E-state index in [1.165, 1.54) is 31.4 Å². The zero-order chi connectivity index (χ0) is 13.9. The predicted octanol–water partition coefficient (Wildman–Crippen LogP) is 2.65. The number of hydrogen-bond acceptors (Lipinski definition) is 5. The summed E-state index contributed by atoms with van der Waals surface area (Å²) in [6, 6.07) is 2.04. The highest BCUT2D eigenvalue weighted by atomic mass is 16.3. The van der Waals surface area contributed by atoms with Gasteiger partial charge < -0.3 is 10.4 Å². The minimum absolute atomic E-state index is 0.559. The molecule has 2 heterocycles. The van der Waals surface area contributed by atoms with E-state index >= 15 is 0 Å². The molecule has 0 radical (unpaired) electrons. The zero-order valence-electron chi connectivity index (χ0n) is 11.5. The van der Waals surface area contributed by atoms with Crippen LogP contribution in [0, 0.1) is 0 Å². The van der Waals surface area contributed by atoms with Crippen molar-refractivity contribution in [1.82, 2.24) is 20.2 Å². The molecular formula is C14H19N5O. The minimum Gasteiger partial charge on any atom is -0.387 e. The number of aromatic nitrogens is 4. The Morgan fingerprint density at radius 1 is 1.25 bits per heavy atom. The molecule has 2 aromatic rings. The molecule has 3 N–H and O–H groups in total. The van der Waals surface area contributed by atoms with Crippen LogP contribution in [0.4, 0.5) is 11.6 Å². The second-order valence-electron chi connectivity index (χ2n) is 5.32. The van der Waals surface area contributed by atoms with Crippen LogP contribution >= 0.6 is 0 Å². The molecule has 0 unspecified atom stereocenters. The molecule has 0 saturated heterocycles. The van der Waals surface area contributed by atoms with Crippen LogP contribution in [0.25, 0.3) is 0 Å². The zero-order valence-corrected chi connectivity index (χ0v) is 11.5. The topological polar surface area (TPSA) is 86.7 Å². The third-order valence-corrected chi connectivity index (χ3v) is 3.75. The first-order valence-corrected chi connectivity index (χ1v) is 7.04. The Labute approximate surface area is 117 Å². The first-order valence-electron chi connectivity index (χ1n) is 7.04. The second-order valence-corrected chi connectivity index (χ2v) is 5.32. The molecule has 1 aliphatic rings. The van der Waals surface area contributed by atoms with E-state index in [4.69, 9.17) is 0 Å². The van der Waals surface area contributed by atoms with Crippen LogP contribution in [0.15, 0.2) is 18.5 Å². The lowest BCUT2D eigenvalue weighted by molar-refractivity contribution is 0.194. The van der Waals surface area contributed by atoms with E-state index in [0.29, 0.717) is 17.4 Å². The average Bonchev–Trinajstić information content (AvgIpc) is 3.09. The molecule has 0 amide bonds. The number of aliphatic hydroxyl groups is 1. The van der Waals surface area contributed by atoms with Crippen LogP contribution in [0.3, 0.4) is 0 Å². The monoisotopic (exact) mass is 273 g/mol. The molecule has 0 spiro atoms. The Hall–Kier alpha value is -1.95. The molecule has 1 saturated carbocycles. The van der Waals surface area contributed by atoms with Gasteiger partial charge in [0.05, 0.1) is 24.2 Å². The van der Waals surface area contributed by atoms with E-state index in [9.17, 15) is 5.11 Å². The molecule has 0 aliphatic heterocycles. The van der Waals surface area contributed by atoms with Crippen molar-refractivity contribution in [3.63, 3.8) is 0 Å². The number of hydrogen-bond donors (Lipinski definition) is 3. The van der Waals surface area contributed by atoms with Gasteiger partial charge in [-0.1, -0.05) is 12.8 Å². The molecule has 2 aromatic heterocycles. The number of rotatable bonds is 4. The van der Waals surface area contributed by atoms with Gasteiger partial charge in [0.2, 0.25) is 0 Å². The van der Waals surface area contributed by atoms with Crippen molar-refractivity contribution in [3.05, 3.63) is 29.8 Å². The predicted molar refractivity (Wildman–Crippen MR) is 75.7 cm³/mol. The molecule has 6 heteroatoms. The maximum absolute atomic E-state index is 9.39. The van der Waals surface area contributed by atoms with Gasteiger partial charge in [-0.2, -0.15) is 5.10 Å². The van der Waals surface area contributed by atoms with Gasteiger partial charge in [-0.15, -0.1) is 0 Å². The number of nitrogens with zero attached hydrogens (tertiary/aromatic N) is 3. The lowest BCUT2D eigenvalue weighted by Crippen LogP contribution is -2.00. The molecule has 106 valence electrons. The molecule has 1 fully saturated rings. The van der Waals surface area contributed by atoms with Crippen LogP contribution in [-0.4, -0.2) is 25.3 Å². The van der Waals surface area contributed by atoms with Crippen molar-refractivity contribution >= 4 is 11.6 Å². The summed E-state index contributed by atoms with van der Waals surface area (Å²) in [5, 5.41) is 19.9. The molecule has 6 nitrogen and oxygen atoms in total. The first kappa shape index (κ1) is 13.1. The van der Waals surface area contributed by atoms with Crippen LogP contribution < -0.4 is 5.32 Å². The molecular weight excluding hydrogens is 254 g/mol. The largest absolute Gasteiger partial charge is 0.387 e. The number of aliphatic hydroxyl groups excluding tert-OH is 1. The lowest BCUT2D eigenvalue weighted by Gasteiger charge is -2.05. The minimum atomic E-state index is -0.601. The van der Waals surface area contributed by atoms with Gasteiger partial charge in [0.15, 0.2) is 5.82 Å². The standard InChI is InChI=1S/C14H19N5O/c1-9(20)12-7-16-14(8-15-12)17-13-6-11(18-19-13)10-4-2-3-5-10/h6-10,20H,2-5H2,1H3,(H2,16,17,18,19)/t9-/m0/s1. The SMILES string of the molecule is C[C@H](O)c1cnc(Nc2cc(C3CCCC3)[nH]n2)cn1. The van der Waals surface area contributed by atoms with E-state index in [2.05, 4.69) is 25.5 Å². The van der Waals surface area contributed by atoms with Crippen LogP contribution in [0.2, 0.25) is 0 Å². The van der Waals surface area contributed by atoms with Gasteiger partial charge in [0.25, 0.3) is 0 Å². The quantitative estimate of drug-likeness (QED) is 0.797. The number of aromatic amines is 1. The summed E-state index contributed by atoms with van der Waals surface area (Å²) in [5.74, 6) is 1.99. The molecule has 1 aliphatic carbocycles. The van der Waals surface area contributed by atoms with Gasteiger partial charge in [-0.05, 0) is 19.8 Å². The Bertz CT molecular complexity index is 557. The van der Waals surface area contributed by atoms with Gasteiger partial charge in [0.1, 0.15) is 5.82 Å². The fourth-order valence-electron chi connectivity index (χ4n) is 2.60. The second kappa shape index (κ2) is 5.58. The Morgan fingerprint density at radius 2 is 2.05 bits per heavy atom. The van der Waals surface area contributed by atoms with Crippen molar-refractivity contribution in [1.29, 1.82) is 0 Å². The molecule has 3 rings (SSSR count). The van der Waals surface area contributed by atoms with E-state index in [-0.39, 0.29) is 0 Å². The Balaban J connectivity index is 1.68. The van der Waals surface area contributed by atoms with Crippen molar-refractivity contribution < 1.29 is 5.11 Å². The van der Waals surface area contributed by atoms with Crippen LogP contribution in [-0.2, 0) is 0 Å². The van der Waals surface area contributed by atoms with E-state index in [1.807, 2.05) is 6.07 Å². The highest BCUT2D eigenvalue weighted by Crippen LogP contribution is 2.33. The maximum atomic E-state index is 9.39. The van der Waals surface area contributed by atoms with E-state index in [1.54, 1.807) is 19.3 Å². The summed E-state index contributed by atoms with van der Waals surface area (Å²) in [6.07, 6.45) is 7.66. The average molecular weight is 273 g/mol. The van der Waals surface area contributed by atoms with Gasteiger partial charge in [-0.25, -0.2) is 4.98 Å². The fraction of sp³-hybridized carbons (Fsp3) is 0.500. The van der Waals surface area contributed by atoms with Gasteiger partial charge >= 0.3 is 0 Å². The lowest BCUT2D eigenvalue weighted by atomic mass is 10.0. The summed E-state index contributed by atoms with van der Waals surface area (Å²) >= 11 is 0. The number of H-pyrrole nitrogens is 1. The smallest absolute Gasteiger partial charge is 0.153 e. The fourth-order valence-corrected chi connectivity index (χ4v) is 2.60. The summed E-state index contributed by atoms with van der Waals surface area (Å²) in [7, 11) is 0. The third kappa shape index (κ3) is 2.80. The van der Waals surface area contributed by atoms with Crippen molar-refractivity contribution in [2.45, 2.75) is 44.6 Å². The normalized spacial score (nSPS) is 17.3. The highest BCUT2D eigenvalue weighted by molar-refractivity contribution is 5.50. The van der Waals surface area contributed by atoms with Crippen molar-refractivity contribution in [2.24, 2.45) is 0 Å². The Morgan fingerprint density at radius 3 is 2.70 bits per heavy atom. The first-order chi connectivity index (χ1) is 9.72. The highest BCUT2D eigenvalue weighted by Gasteiger charge is 2.19. The molecule has 1 atom stereocenters.